The molecule has 8 nitrogen and oxygen atoms in total. The number of phosphoric ester groups is 1. The van der Waals surface area contributed by atoms with Gasteiger partial charge in [-0.05, 0) is 70.6 Å². The summed E-state index contributed by atoms with van der Waals surface area (Å²) in [4.78, 5) is 23.0. The molecule has 0 rings (SSSR count). The lowest BCUT2D eigenvalue weighted by atomic mass is 10.0. The molecule has 0 spiro atoms. The van der Waals surface area contributed by atoms with E-state index in [1.54, 1.807) is 6.08 Å². The van der Waals surface area contributed by atoms with Crippen LogP contribution in [0, 0.1) is 0 Å². The topological polar surface area (TPSA) is 105 Å². The first kappa shape index (κ1) is 62.7. The van der Waals surface area contributed by atoms with Gasteiger partial charge in [-0.3, -0.25) is 13.8 Å². The van der Waals surface area contributed by atoms with Crippen LogP contribution >= 0.6 is 7.82 Å². The van der Waals surface area contributed by atoms with Gasteiger partial charge in [-0.1, -0.05) is 221 Å². The number of likely N-dealkylation sites (N-methyl/N-ethyl adjacent to an activating group) is 1. The average molecular weight is 930 g/mol. The van der Waals surface area contributed by atoms with E-state index in [-0.39, 0.29) is 19.1 Å². The number of unbranched alkanes of at least 4 members (excludes halogenated alkanes) is 22. The Hall–Kier alpha value is -2.32. The van der Waals surface area contributed by atoms with Gasteiger partial charge in [-0.2, -0.15) is 0 Å². The average Bonchev–Trinajstić information content (AvgIpc) is 3.26. The number of hydrogen-bond acceptors (Lipinski definition) is 5. The third-order valence-corrected chi connectivity index (χ3v) is 12.4. The highest BCUT2D eigenvalue weighted by Gasteiger charge is 2.27. The highest BCUT2D eigenvalue weighted by molar-refractivity contribution is 7.47. The molecule has 9 heteroatoms. The van der Waals surface area contributed by atoms with Crippen molar-refractivity contribution in [2.45, 2.75) is 225 Å². The number of nitrogens with one attached hydrogen (secondary N) is 1. The van der Waals surface area contributed by atoms with Gasteiger partial charge in [0, 0.05) is 6.42 Å². The SMILES string of the molecule is CC/C=C\C/C=C\C/C=C\C/C=C\C/C=C\C/C=C\CCCCCCCCCCCCCCCCCCCCC(=O)NC(COP(=O)(O)OCC[N+](C)(C)C)C(O)/C=C/CCCCCC. The van der Waals surface area contributed by atoms with Gasteiger partial charge in [0.1, 0.15) is 13.2 Å². The Balaban J connectivity index is 3.84. The summed E-state index contributed by atoms with van der Waals surface area (Å²) in [5.41, 5.74) is 0. The summed E-state index contributed by atoms with van der Waals surface area (Å²) in [6, 6.07) is -0.845. The van der Waals surface area contributed by atoms with E-state index >= 15 is 0 Å². The number of hydrogen-bond donors (Lipinski definition) is 3. The molecule has 1 amide bonds. The Kier molecular flexibility index (Phi) is 45.1. The van der Waals surface area contributed by atoms with Crippen LogP contribution in [0.4, 0.5) is 0 Å². The molecule has 0 saturated heterocycles. The normalized spacial score (nSPS) is 14.8. The quantitative estimate of drug-likeness (QED) is 0.0243. The van der Waals surface area contributed by atoms with E-state index in [2.05, 4.69) is 92.1 Å². The van der Waals surface area contributed by atoms with Crippen LogP contribution in [0.1, 0.15) is 213 Å². The van der Waals surface area contributed by atoms with Crippen LogP contribution in [-0.4, -0.2) is 73.4 Å². The Morgan fingerprint density at radius 1 is 0.538 bits per heavy atom. The van der Waals surface area contributed by atoms with E-state index in [0.29, 0.717) is 17.4 Å². The number of amides is 1. The second kappa shape index (κ2) is 46.8. The molecule has 0 aromatic heterocycles. The van der Waals surface area contributed by atoms with Gasteiger partial charge in [0.05, 0.1) is 39.9 Å². The molecule has 0 aliphatic carbocycles. The molecule has 0 radical (unpaired) electrons. The van der Waals surface area contributed by atoms with Crippen LogP contribution in [0.3, 0.4) is 0 Å². The van der Waals surface area contributed by atoms with Crippen molar-refractivity contribution in [3.05, 3.63) is 85.1 Å². The van der Waals surface area contributed by atoms with Crippen molar-refractivity contribution in [2.24, 2.45) is 0 Å². The minimum absolute atomic E-state index is 0.0591. The molecule has 65 heavy (non-hydrogen) atoms. The van der Waals surface area contributed by atoms with E-state index in [1.165, 1.54) is 109 Å². The second-order valence-electron chi connectivity index (χ2n) is 18.9. The maximum absolute atomic E-state index is 12.8. The Morgan fingerprint density at radius 3 is 1.35 bits per heavy atom. The predicted molar refractivity (Wildman–Crippen MR) is 281 cm³/mol. The molecule has 0 aliphatic heterocycles. The van der Waals surface area contributed by atoms with Crippen molar-refractivity contribution in [3.8, 4) is 0 Å². The fourth-order valence-corrected chi connectivity index (χ4v) is 7.96. The lowest BCUT2D eigenvalue weighted by molar-refractivity contribution is -0.870. The number of nitrogens with zero attached hydrogens (tertiary/aromatic N) is 1. The zero-order valence-corrected chi connectivity index (χ0v) is 43.6. The number of aliphatic hydroxyl groups excluding tert-OH is 1. The fourth-order valence-electron chi connectivity index (χ4n) is 7.22. The third kappa shape index (κ3) is 49.4. The molecule has 3 atom stereocenters. The van der Waals surface area contributed by atoms with Gasteiger partial charge in [-0.25, -0.2) is 4.57 Å². The zero-order chi connectivity index (χ0) is 47.8. The van der Waals surface area contributed by atoms with Gasteiger partial charge < -0.3 is 19.8 Å². The number of carbonyl (C=O) groups is 1. The van der Waals surface area contributed by atoms with Gasteiger partial charge >= 0.3 is 7.82 Å². The number of aliphatic hydroxyl groups is 1. The zero-order valence-electron chi connectivity index (χ0n) is 42.7. The van der Waals surface area contributed by atoms with Crippen LogP contribution < -0.4 is 5.32 Å². The van der Waals surface area contributed by atoms with Gasteiger partial charge in [0.2, 0.25) is 5.91 Å². The highest BCUT2D eigenvalue weighted by Crippen LogP contribution is 2.43. The summed E-state index contributed by atoms with van der Waals surface area (Å²) in [6.45, 7) is 4.61. The summed E-state index contributed by atoms with van der Waals surface area (Å²) in [5, 5.41) is 13.7. The Labute approximate surface area is 401 Å². The minimum atomic E-state index is -4.33. The largest absolute Gasteiger partial charge is 0.472 e. The molecule has 0 fully saturated rings. The molecule has 3 N–H and O–H groups in total. The van der Waals surface area contributed by atoms with Crippen molar-refractivity contribution in [3.63, 3.8) is 0 Å². The molecule has 0 aromatic rings. The van der Waals surface area contributed by atoms with Gasteiger partial charge in [-0.15, -0.1) is 0 Å². The highest BCUT2D eigenvalue weighted by atomic mass is 31.2. The molecule has 0 bridgehead atoms. The van der Waals surface area contributed by atoms with Crippen LogP contribution in [0.5, 0.6) is 0 Å². The van der Waals surface area contributed by atoms with Crippen LogP contribution in [0.2, 0.25) is 0 Å². The van der Waals surface area contributed by atoms with Crippen molar-refractivity contribution in [1.29, 1.82) is 0 Å². The summed E-state index contributed by atoms with van der Waals surface area (Å²) in [7, 11) is 1.56. The summed E-state index contributed by atoms with van der Waals surface area (Å²) in [6.07, 6.45) is 65.8. The summed E-state index contributed by atoms with van der Waals surface area (Å²) < 4.78 is 23.4. The molecule has 0 saturated carbocycles. The number of quaternary nitrogens is 1. The molecule has 0 aliphatic rings. The first-order valence-electron chi connectivity index (χ1n) is 26.5. The van der Waals surface area contributed by atoms with E-state index in [4.69, 9.17) is 9.05 Å². The second-order valence-corrected chi connectivity index (χ2v) is 20.3. The van der Waals surface area contributed by atoms with E-state index in [1.807, 2.05) is 27.2 Å². The number of carbonyl (C=O) groups excluding carboxylic acids is 1. The monoisotopic (exact) mass is 930 g/mol. The van der Waals surface area contributed by atoms with Gasteiger partial charge in [0.15, 0.2) is 0 Å². The lowest BCUT2D eigenvalue weighted by Crippen LogP contribution is -2.45. The maximum Gasteiger partial charge on any atom is 0.472 e. The predicted octanol–water partition coefficient (Wildman–Crippen LogP) is 15.7. The van der Waals surface area contributed by atoms with Crippen molar-refractivity contribution >= 4 is 13.7 Å². The van der Waals surface area contributed by atoms with E-state index in [0.717, 1.165) is 83.5 Å². The summed E-state index contributed by atoms with van der Waals surface area (Å²) >= 11 is 0. The van der Waals surface area contributed by atoms with Crippen LogP contribution in [-0.2, 0) is 18.4 Å². The number of allylic oxidation sites excluding steroid dienone is 13. The van der Waals surface area contributed by atoms with E-state index in [9.17, 15) is 19.4 Å². The Morgan fingerprint density at radius 2 is 0.923 bits per heavy atom. The number of rotatable bonds is 47. The number of phosphoric acid groups is 1. The molecular formula is C56H102N2O6P+. The fraction of sp³-hybridized carbons (Fsp3) is 0.732. The molecule has 0 aromatic carbocycles. The molecule has 376 valence electrons. The first-order chi connectivity index (χ1) is 31.5. The van der Waals surface area contributed by atoms with E-state index < -0.39 is 20.0 Å². The summed E-state index contributed by atoms with van der Waals surface area (Å²) in [5.74, 6) is -0.184. The van der Waals surface area contributed by atoms with Crippen molar-refractivity contribution in [2.75, 3.05) is 40.9 Å². The van der Waals surface area contributed by atoms with Crippen molar-refractivity contribution in [1.82, 2.24) is 5.32 Å². The standard InChI is InChI=1S/C56H101N2O6P/c1-6-8-10-12-14-15-16-17-18-19-20-21-22-23-24-25-26-27-28-29-30-31-32-33-34-35-36-37-38-39-40-41-42-43-44-46-48-50-56(60)57-54(55(59)49-47-45-13-11-9-7-2)53-64-65(61,62)63-52-51-58(3,4)5/h8,10,14-15,17-18,20-21,23-24,26-27,47,49,54-55,59H,6-7,9,11-13,16,19,22,25,28-46,48,50-53H2,1-5H3,(H-,57,60,61,62)/p+1/b10-8-,15-14-,18-17-,21-20-,24-23-,27-26-,49-47+. The first-order valence-corrected chi connectivity index (χ1v) is 28.0. The molecule has 0 heterocycles. The van der Waals surface area contributed by atoms with Crippen LogP contribution in [0.25, 0.3) is 0 Å². The van der Waals surface area contributed by atoms with Gasteiger partial charge in [0.25, 0.3) is 0 Å². The maximum atomic E-state index is 12.8. The smallest absolute Gasteiger partial charge is 0.387 e. The molecule has 3 unspecified atom stereocenters. The lowest BCUT2D eigenvalue weighted by Gasteiger charge is -2.25. The van der Waals surface area contributed by atoms with Crippen molar-refractivity contribution < 1.29 is 32.9 Å². The minimum Gasteiger partial charge on any atom is -0.387 e. The Bertz CT molecular complexity index is 1330. The molecular weight excluding hydrogens is 828 g/mol. The van der Waals surface area contributed by atoms with Crippen LogP contribution in [0.15, 0.2) is 85.1 Å². The third-order valence-electron chi connectivity index (χ3n) is 11.4.